The molecule has 0 spiro atoms. The van der Waals surface area contributed by atoms with E-state index in [4.69, 9.17) is 8.83 Å². The van der Waals surface area contributed by atoms with Gasteiger partial charge in [-0.3, -0.25) is 14.5 Å². The first-order chi connectivity index (χ1) is 11.2. The van der Waals surface area contributed by atoms with E-state index in [0.717, 1.165) is 16.7 Å². The average Bonchev–Trinajstić information content (AvgIpc) is 3.29. The zero-order valence-corrected chi connectivity index (χ0v) is 12.4. The Hall–Kier alpha value is -2.87. The molecule has 0 N–H and O–H groups in total. The summed E-state index contributed by atoms with van der Waals surface area (Å²) in [6.45, 7) is 0. The molecule has 114 valence electrons. The molecule has 0 radical (unpaired) electrons. The quantitative estimate of drug-likeness (QED) is 0.537. The standard InChI is InChI=1S/C15H9N3O4S/c19-13-9-4-1-2-5-10(9)14(20)18(13)8-23-15-17-16-12(22-15)11-6-3-7-21-11/h1-7H,8H2. The Balaban J connectivity index is 1.48. The molecule has 7 nitrogen and oxygen atoms in total. The summed E-state index contributed by atoms with van der Waals surface area (Å²) < 4.78 is 10.6. The third kappa shape index (κ3) is 2.33. The fourth-order valence-corrected chi connectivity index (χ4v) is 2.95. The van der Waals surface area contributed by atoms with Crippen molar-refractivity contribution < 1.29 is 18.4 Å². The number of carbonyl (C=O) groups excluding carboxylic acids is 2. The van der Waals surface area contributed by atoms with Crippen LogP contribution in [0.1, 0.15) is 20.7 Å². The maximum atomic E-state index is 12.2. The summed E-state index contributed by atoms with van der Waals surface area (Å²) in [5.41, 5.74) is 0.833. The van der Waals surface area contributed by atoms with Crippen LogP contribution in [0.5, 0.6) is 0 Å². The molecule has 1 aliphatic rings. The van der Waals surface area contributed by atoms with Gasteiger partial charge in [-0.25, -0.2) is 0 Å². The maximum absolute atomic E-state index is 12.2. The van der Waals surface area contributed by atoms with Gasteiger partial charge in [0, 0.05) is 0 Å². The molecular formula is C15H9N3O4S. The van der Waals surface area contributed by atoms with Crippen LogP contribution in [0.2, 0.25) is 0 Å². The molecule has 0 aliphatic carbocycles. The molecule has 0 fully saturated rings. The first kappa shape index (κ1) is 13.8. The Morgan fingerprint density at radius 2 is 1.74 bits per heavy atom. The summed E-state index contributed by atoms with van der Waals surface area (Å²) in [5, 5.41) is 7.99. The number of hydrogen-bond acceptors (Lipinski definition) is 7. The number of nitrogens with zero attached hydrogens (tertiary/aromatic N) is 3. The molecule has 23 heavy (non-hydrogen) atoms. The van der Waals surface area contributed by atoms with E-state index in [-0.39, 0.29) is 28.8 Å². The summed E-state index contributed by atoms with van der Waals surface area (Å²) in [6, 6.07) is 10.2. The van der Waals surface area contributed by atoms with E-state index >= 15 is 0 Å². The van der Waals surface area contributed by atoms with Crippen molar-refractivity contribution in [1.82, 2.24) is 15.1 Å². The lowest BCUT2D eigenvalue weighted by Crippen LogP contribution is -2.29. The number of aromatic nitrogens is 2. The minimum atomic E-state index is -0.316. The predicted octanol–water partition coefficient (Wildman–Crippen LogP) is 2.68. The first-order valence-corrected chi connectivity index (χ1v) is 7.68. The number of fused-ring (bicyclic) bond motifs is 1. The molecule has 0 unspecified atom stereocenters. The van der Waals surface area contributed by atoms with E-state index in [0.29, 0.717) is 16.9 Å². The molecule has 1 aliphatic heterocycles. The Morgan fingerprint density at radius 3 is 2.39 bits per heavy atom. The van der Waals surface area contributed by atoms with Gasteiger partial charge in [-0.05, 0) is 36.0 Å². The van der Waals surface area contributed by atoms with Crippen LogP contribution in [0.15, 0.2) is 56.7 Å². The van der Waals surface area contributed by atoms with Crippen molar-refractivity contribution in [3.63, 3.8) is 0 Å². The Labute approximate surface area is 134 Å². The summed E-state index contributed by atoms with van der Waals surface area (Å²) >= 11 is 1.12. The van der Waals surface area contributed by atoms with Gasteiger partial charge >= 0.3 is 0 Å². The minimum Gasteiger partial charge on any atom is -0.459 e. The number of benzene rings is 1. The van der Waals surface area contributed by atoms with Crippen LogP contribution in [0.25, 0.3) is 11.7 Å². The van der Waals surface area contributed by atoms with Gasteiger partial charge in [-0.15, -0.1) is 10.2 Å². The SMILES string of the molecule is O=C1c2ccccc2C(=O)N1CSc1nnc(-c2ccco2)o1. The second-order valence-corrected chi connectivity index (χ2v) is 5.60. The molecule has 2 amide bonds. The van der Waals surface area contributed by atoms with Crippen molar-refractivity contribution >= 4 is 23.6 Å². The number of amides is 2. The number of thioether (sulfide) groups is 1. The summed E-state index contributed by atoms with van der Waals surface area (Å²) in [7, 11) is 0. The second kappa shape index (κ2) is 5.40. The highest BCUT2D eigenvalue weighted by Crippen LogP contribution is 2.28. The minimum absolute atomic E-state index is 0.103. The summed E-state index contributed by atoms with van der Waals surface area (Å²) in [6.07, 6.45) is 1.51. The van der Waals surface area contributed by atoms with E-state index < -0.39 is 0 Å². The molecule has 0 atom stereocenters. The normalized spacial score (nSPS) is 13.7. The number of imide groups is 1. The third-order valence-electron chi connectivity index (χ3n) is 3.33. The van der Waals surface area contributed by atoms with Gasteiger partial charge in [0.15, 0.2) is 5.76 Å². The van der Waals surface area contributed by atoms with Crippen LogP contribution in [0.3, 0.4) is 0 Å². The molecule has 3 aromatic rings. The van der Waals surface area contributed by atoms with Gasteiger partial charge < -0.3 is 8.83 Å². The van der Waals surface area contributed by atoms with E-state index in [1.54, 1.807) is 36.4 Å². The highest BCUT2D eigenvalue weighted by molar-refractivity contribution is 7.99. The fourth-order valence-electron chi connectivity index (χ4n) is 2.24. The zero-order chi connectivity index (χ0) is 15.8. The molecule has 1 aromatic carbocycles. The van der Waals surface area contributed by atoms with Gasteiger partial charge in [0.25, 0.3) is 22.9 Å². The van der Waals surface area contributed by atoms with Gasteiger partial charge in [0.05, 0.1) is 23.3 Å². The van der Waals surface area contributed by atoms with Crippen molar-refractivity contribution in [2.75, 3.05) is 5.88 Å². The topological polar surface area (TPSA) is 89.4 Å². The molecule has 0 saturated carbocycles. The van der Waals surface area contributed by atoms with Gasteiger partial charge in [0.2, 0.25) is 0 Å². The second-order valence-electron chi connectivity index (χ2n) is 4.71. The molecule has 8 heteroatoms. The maximum Gasteiger partial charge on any atom is 0.284 e. The van der Waals surface area contributed by atoms with Crippen LogP contribution in [-0.4, -0.2) is 32.8 Å². The third-order valence-corrected chi connectivity index (χ3v) is 4.13. The highest BCUT2D eigenvalue weighted by Gasteiger charge is 2.35. The smallest absolute Gasteiger partial charge is 0.284 e. The lowest BCUT2D eigenvalue weighted by molar-refractivity contribution is 0.0684. The van der Waals surface area contributed by atoms with Crippen LogP contribution in [0, 0.1) is 0 Å². The van der Waals surface area contributed by atoms with Crippen LogP contribution < -0.4 is 0 Å². The molecule has 0 bridgehead atoms. The lowest BCUT2D eigenvalue weighted by atomic mass is 10.1. The van der Waals surface area contributed by atoms with Crippen molar-refractivity contribution in [1.29, 1.82) is 0 Å². The molecular weight excluding hydrogens is 318 g/mol. The Kier molecular flexibility index (Phi) is 3.23. The van der Waals surface area contributed by atoms with Crippen molar-refractivity contribution in [2.24, 2.45) is 0 Å². The van der Waals surface area contributed by atoms with Crippen LogP contribution >= 0.6 is 11.8 Å². The highest BCUT2D eigenvalue weighted by atomic mass is 32.2. The van der Waals surface area contributed by atoms with Gasteiger partial charge in [-0.2, -0.15) is 0 Å². The van der Waals surface area contributed by atoms with E-state index in [1.165, 1.54) is 6.26 Å². The number of carbonyl (C=O) groups is 2. The largest absolute Gasteiger partial charge is 0.459 e. The number of furan rings is 1. The Morgan fingerprint density at radius 1 is 1.00 bits per heavy atom. The van der Waals surface area contributed by atoms with E-state index in [2.05, 4.69) is 10.2 Å². The molecule has 2 aromatic heterocycles. The fraction of sp³-hybridized carbons (Fsp3) is 0.0667. The van der Waals surface area contributed by atoms with Gasteiger partial charge in [-0.1, -0.05) is 12.1 Å². The summed E-state index contributed by atoms with van der Waals surface area (Å²) in [4.78, 5) is 25.6. The molecule has 0 saturated heterocycles. The number of hydrogen-bond donors (Lipinski definition) is 0. The summed E-state index contributed by atoms with van der Waals surface area (Å²) in [5.74, 6) is 0.185. The van der Waals surface area contributed by atoms with Gasteiger partial charge in [0.1, 0.15) is 0 Å². The number of rotatable bonds is 4. The predicted molar refractivity (Wildman–Crippen MR) is 79.7 cm³/mol. The van der Waals surface area contributed by atoms with Crippen molar-refractivity contribution in [3.8, 4) is 11.7 Å². The zero-order valence-electron chi connectivity index (χ0n) is 11.6. The monoisotopic (exact) mass is 327 g/mol. The van der Waals surface area contributed by atoms with Crippen LogP contribution in [-0.2, 0) is 0 Å². The molecule has 3 heterocycles. The average molecular weight is 327 g/mol. The van der Waals surface area contributed by atoms with Crippen molar-refractivity contribution in [2.45, 2.75) is 5.22 Å². The molecule has 4 rings (SSSR count). The van der Waals surface area contributed by atoms with E-state index in [9.17, 15) is 9.59 Å². The van der Waals surface area contributed by atoms with E-state index in [1.807, 2.05) is 0 Å². The van der Waals surface area contributed by atoms with Crippen LogP contribution in [0.4, 0.5) is 0 Å². The lowest BCUT2D eigenvalue weighted by Gasteiger charge is -2.11. The Bertz CT molecular complexity index is 853. The van der Waals surface area contributed by atoms with Crippen molar-refractivity contribution in [3.05, 3.63) is 53.8 Å². The first-order valence-electron chi connectivity index (χ1n) is 6.69.